The van der Waals surface area contributed by atoms with Crippen molar-refractivity contribution >= 4 is 12.2 Å². The van der Waals surface area contributed by atoms with Crippen molar-refractivity contribution in [3.8, 4) is 11.1 Å². The second-order valence-corrected chi connectivity index (χ2v) is 6.56. The number of amides is 1. The van der Waals surface area contributed by atoms with Gasteiger partial charge in [0.2, 0.25) is 0 Å². The summed E-state index contributed by atoms with van der Waals surface area (Å²) in [6.07, 6.45) is 5.13. The van der Waals surface area contributed by atoms with E-state index in [1.807, 2.05) is 43.3 Å². The zero-order valence-corrected chi connectivity index (χ0v) is 15.1. The molecule has 1 aliphatic carbocycles. The molecule has 1 amide bonds. The number of hydrogen-bond donors (Lipinski definition) is 2. The molecule has 1 aliphatic rings. The van der Waals surface area contributed by atoms with Gasteiger partial charge in [-0.3, -0.25) is 5.10 Å². The van der Waals surface area contributed by atoms with E-state index < -0.39 is 6.09 Å². The van der Waals surface area contributed by atoms with Gasteiger partial charge < -0.3 is 10.1 Å². The molecule has 3 aromatic rings. The number of H-pyrrole nitrogens is 1. The molecule has 136 valence electrons. The Bertz CT molecular complexity index is 945. The predicted molar refractivity (Wildman–Crippen MR) is 105 cm³/mol. The maximum Gasteiger partial charge on any atom is 0.407 e. The topological polar surface area (TPSA) is 67.0 Å². The number of alkyl carbamates (subject to hydrolysis) is 1. The van der Waals surface area contributed by atoms with Gasteiger partial charge >= 0.3 is 6.09 Å². The van der Waals surface area contributed by atoms with E-state index in [2.05, 4.69) is 39.8 Å². The molecular formula is C22H21N3O2. The Balaban J connectivity index is 1.35. The van der Waals surface area contributed by atoms with E-state index in [0.29, 0.717) is 13.2 Å². The highest BCUT2D eigenvalue weighted by atomic mass is 16.5. The summed E-state index contributed by atoms with van der Waals surface area (Å²) in [7, 11) is 0. The summed E-state index contributed by atoms with van der Waals surface area (Å²) in [5, 5.41) is 9.59. The molecule has 0 fully saturated rings. The zero-order chi connectivity index (χ0) is 18.6. The minimum absolute atomic E-state index is 0.0762. The third-order valence-corrected chi connectivity index (χ3v) is 4.87. The zero-order valence-electron chi connectivity index (χ0n) is 15.1. The predicted octanol–water partition coefficient (Wildman–Crippen LogP) is 4.27. The largest absolute Gasteiger partial charge is 0.449 e. The number of aromatic nitrogens is 2. The first-order valence-corrected chi connectivity index (χ1v) is 8.99. The van der Waals surface area contributed by atoms with Crippen LogP contribution in [-0.4, -0.2) is 29.4 Å². The summed E-state index contributed by atoms with van der Waals surface area (Å²) in [5.41, 5.74) is 6.86. The van der Waals surface area contributed by atoms with Crippen molar-refractivity contribution in [1.82, 2.24) is 15.5 Å². The van der Waals surface area contributed by atoms with Crippen molar-refractivity contribution in [3.05, 3.63) is 83.2 Å². The molecule has 5 nitrogen and oxygen atoms in total. The van der Waals surface area contributed by atoms with Crippen LogP contribution in [0.3, 0.4) is 0 Å². The van der Waals surface area contributed by atoms with Crippen molar-refractivity contribution in [2.75, 3.05) is 13.2 Å². The van der Waals surface area contributed by atoms with Crippen LogP contribution in [0.2, 0.25) is 0 Å². The van der Waals surface area contributed by atoms with E-state index >= 15 is 0 Å². The average Bonchev–Trinajstić information content (AvgIpc) is 3.25. The minimum atomic E-state index is -0.412. The van der Waals surface area contributed by atoms with Gasteiger partial charge in [0.25, 0.3) is 0 Å². The van der Waals surface area contributed by atoms with Crippen LogP contribution in [0.25, 0.3) is 17.2 Å². The maximum absolute atomic E-state index is 12.1. The fourth-order valence-corrected chi connectivity index (χ4v) is 3.51. The van der Waals surface area contributed by atoms with Crippen LogP contribution in [0.1, 0.15) is 28.3 Å². The molecule has 27 heavy (non-hydrogen) atoms. The number of nitrogens with zero attached hydrogens (tertiary/aromatic N) is 1. The molecule has 5 heteroatoms. The summed E-state index contributed by atoms with van der Waals surface area (Å²) in [4.78, 5) is 12.1. The molecule has 4 rings (SSSR count). The molecule has 1 heterocycles. The highest BCUT2D eigenvalue weighted by molar-refractivity contribution is 5.79. The van der Waals surface area contributed by atoms with E-state index in [1.54, 1.807) is 6.20 Å². The molecule has 0 radical (unpaired) electrons. The number of ether oxygens (including phenoxy) is 1. The lowest BCUT2D eigenvalue weighted by atomic mass is 9.98. The Morgan fingerprint density at radius 3 is 2.44 bits per heavy atom. The van der Waals surface area contributed by atoms with Crippen LogP contribution in [0.15, 0.2) is 60.8 Å². The number of carbonyl (C=O) groups excluding carboxylic acids is 1. The summed E-state index contributed by atoms with van der Waals surface area (Å²) in [6, 6.07) is 16.6. The van der Waals surface area contributed by atoms with Gasteiger partial charge in [-0.25, -0.2) is 4.79 Å². The molecule has 2 aromatic carbocycles. The van der Waals surface area contributed by atoms with Gasteiger partial charge in [0.1, 0.15) is 6.61 Å². The van der Waals surface area contributed by atoms with Crippen molar-refractivity contribution in [2.45, 2.75) is 12.8 Å². The lowest BCUT2D eigenvalue weighted by Gasteiger charge is -2.14. The van der Waals surface area contributed by atoms with Crippen LogP contribution in [0, 0.1) is 6.92 Å². The fourth-order valence-electron chi connectivity index (χ4n) is 3.51. The lowest BCUT2D eigenvalue weighted by Crippen LogP contribution is -2.26. The molecule has 0 aliphatic heterocycles. The second kappa shape index (κ2) is 7.50. The average molecular weight is 359 g/mol. The van der Waals surface area contributed by atoms with Crippen LogP contribution >= 0.6 is 0 Å². The molecule has 0 saturated heterocycles. The minimum Gasteiger partial charge on any atom is -0.449 e. The standard InChI is InChI=1S/C22H21N3O2/c1-15-16(13-24-25-15)7-6-12-23-22(26)27-14-21-19-10-4-2-8-17(19)18-9-3-5-11-20(18)21/h2-11,13,21H,12,14H2,1H3,(H,23,26)(H,24,25). The van der Waals surface area contributed by atoms with E-state index in [1.165, 1.54) is 22.3 Å². The number of hydrogen-bond acceptors (Lipinski definition) is 3. The Morgan fingerprint density at radius 2 is 1.81 bits per heavy atom. The van der Waals surface area contributed by atoms with E-state index in [9.17, 15) is 4.79 Å². The van der Waals surface area contributed by atoms with Crippen molar-refractivity contribution in [2.24, 2.45) is 0 Å². The molecule has 0 unspecified atom stereocenters. The Labute approximate surface area is 158 Å². The Kier molecular flexibility index (Phi) is 4.75. The summed E-state index contributed by atoms with van der Waals surface area (Å²) in [6.45, 7) is 2.68. The SMILES string of the molecule is Cc1[nH]ncc1C=CCNC(=O)OCC1c2ccccc2-c2ccccc21. The number of carbonyl (C=O) groups is 1. The molecule has 0 spiro atoms. The van der Waals surface area contributed by atoms with E-state index in [-0.39, 0.29) is 5.92 Å². The summed E-state index contributed by atoms with van der Waals surface area (Å²) >= 11 is 0. The third-order valence-electron chi connectivity index (χ3n) is 4.87. The molecule has 0 saturated carbocycles. The highest BCUT2D eigenvalue weighted by Gasteiger charge is 2.28. The van der Waals surface area contributed by atoms with Gasteiger partial charge in [-0.1, -0.05) is 60.7 Å². The normalized spacial score (nSPS) is 12.8. The molecule has 0 atom stereocenters. The quantitative estimate of drug-likeness (QED) is 0.715. The van der Waals surface area contributed by atoms with Gasteiger partial charge in [-0.15, -0.1) is 0 Å². The van der Waals surface area contributed by atoms with Crippen molar-refractivity contribution in [1.29, 1.82) is 0 Å². The van der Waals surface area contributed by atoms with Crippen molar-refractivity contribution < 1.29 is 9.53 Å². The number of fused-ring (bicyclic) bond motifs is 3. The van der Waals surface area contributed by atoms with Gasteiger partial charge in [-0.2, -0.15) is 5.10 Å². The van der Waals surface area contributed by atoms with Crippen molar-refractivity contribution in [3.63, 3.8) is 0 Å². The Hall–Kier alpha value is -3.34. The van der Waals surface area contributed by atoms with Gasteiger partial charge in [-0.05, 0) is 29.2 Å². The van der Waals surface area contributed by atoms with Crippen LogP contribution in [0.4, 0.5) is 4.79 Å². The third kappa shape index (κ3) is 3.49. The van der Waals surface area contributed by atoms with Crippen LogP contribution < -0.4 is 5.32 Å². The second-order valence-electron chi connectivity index (χ2n) is 6.56. The lowest BCUT2D eigenvalue weighted by molar-refractivity contribution is 0.144. The first-order chi connectivity index (χ1) is 13.2. The fraction of sp³-hybridized carbons (Fsp3) is 0.182. The maximum atomic E-state index is 12.1. The summed E-state index contributed by atoms with van der Waals surface area (Å²) < 4.78 is 5.50. The smallest absolute Gasteiger partial charge is 0.407 e. The summed E-state index contributed by atoms with van der Waals surface area (Å²) in [5.74, 6) is 0.0762. The van der Waals surface area contributed by atoms with Crippen LogP contribution in [0.5, 0.6) is 0 Å². The highest BCUT2D eigenvalue weighted by Crippen LogP contribution is 2.44. The van der Waals surface area contributed by atoms with Gasteiger partial charge in [0.15, 0.2) is 0 Å². The molecular weight excluding hydrogens is 338 g/mol. The number of aryl methyl sites for hydroxylation is 1. The Morgan fingerprint density at radius 1 is 1.15 bits per heavy atom. The number of aromatic amines is 1. The molecule has 2 N–H and O–H groups in total. The first kappa shape index (κ1) is 17.1. The molecule has 0 bridgehead atoms. The monoisotopic (exact) mass is 359 g/mol. The number of benzene rings is 2. The van der Waals surface area contributed by atoms with Gasteiger partial charge in [0.05, 0.1) is 6.20 Å². The number of rotatable bonds is 5. The van der Waals surface area contributed by atoms with Crippen LogP contribution in [-0.2, 0) is 4.74 Å². The first-order valence-electron chi connectivity index (χ1n) is 8.99. The molecule has 1 aromatic heterocycles. The van der Waals surface area contributed by atoms with E-state index in [0.717, 1.165) is 11.3 Å². The number of nitrogens with one attached hydrogen (secondary N) is 2. The van der Waals surface area contributed by atoms with Gasteiger partial charge in [0, 0.05) is 23.7 Å². The van der Waals surface area contributed by atoms with E-state index in [4.69, 9.17) is 4.74 Å².